The fraction of sp³-hybridized carbons (Fsp3) is 0.733. The fourth-order valence-electron chi connectivity index (χ4n) is 2.28. The van der Waals surface area contributed by atoms with Crippen molar-refractivity contribution in [1.29, 1.82) is 0 Å². The lowest BCUT2D eigenvalue weighted by Gasteiger charge is -2.29. The van der Waals surface area contributed by atoms with Gasteiger partial charge in [0.25, 0.3) is 0 Å². The van der Waals surface area contributed by atoms with Gasteiger partial charge in [0, 0.05) is 25.5 Å². The van der Waals surface area contributed by atoms with Crippen LogP contribution in [0.5, 0.6) is 0 Å². The summed E-state index contributed by atoms with van der Waals surface area (Å²) < 4.78 is 41.0. The first-order chi connectivity index (χ1) is 10.5. The van der Waals surface area contributed by atoms with Crippen molar-refractivity contribution in [1.82, 2.24) is 14.9 Å². The molecule has 0 fully saturated rings. The lowest BCUT2D eigenvalue weighted by atomic mass is 9.96. The van der Waals surface area contributed by atoms with Crippen molar-refractivity contribution in [2.24, 2.45) is 13.0 Å². The Balaban J connectivity index is 2.84. The van der Waals surface area contributed by atoms with Gasteiger partial charge in [0.1, 0.15) is 0 Å². The number of imidazole rings is 1. The molecule has 0 spiro atoms. The van der Waals surface area contributed by atoms with Crippen LogP contribution in [0.2, 0.25) is 0 Å². The molecule has 1 heterocycles. The van der Waals surface area contributed by atoms with Crippen molar-refractivity contribution in [3.8, 4) is 0 Å². The van der Waals surface area contributed by atoms with Gasteiger partial charge >= 0.3 is 6.18 Å². The highest BCUT2D eigenvalue weighted by atomic mass is 19.4. The number of amides is 1. The summed E-state index contributed by atoms with van der Waals surface area (Å²) >= 11 is 0. The Morgan fingerprint density at radius 3 is 2.39 bits per heavy atom. The van der Waals surface area contributed by atoms with Crippen LogP contribution in [-0.2, 0) is 17.4 Å². The van der Waals surface area contributed by atoms with Gasteiger partial charge in [-0.2, -0.15) is 13.2 Å². The third-order valence-corrected chi connectivity index (χ3v) is 3.66. The number of hydrogen-bond acceptors (Lipinski definition) is 3. The first kappa shape index (κ1) is 19.5. The van der Waals surface area contributed by atoms with Gasteiger partial charge in [0.2, 0.25) is 11.5 Å². The molecule has 2 N–H and O–H groups in total. The molecule has 0 aromatic carbocycles. The standard InChI is InChI=1S/C15H24F3N3O2/c1-10(2)5-6-11(3)20-12(22)9-14(23,15(16,17)18)13-19-7-8-21(13)4/h7-8,10-11,23H,5-6,9H2,1-4H3,(H,20,22). The SMILES string of the molecule is CC(C)CCC(C)NC(=O)CC(O)(c1nccn1C)C(F)(F)F. The molecule has 2 atom stereocenters. The first-order valence-corrected chi connectivity index (χ1v) is 7.53. The van der Waals surface area contributed by atoms with Crippen molar-refractivity contribution >= 4 is 5.91 Å². The molecule has 1 aromatic heterocycles. The summed E-state index contributed by atoms with van der Waals surface area (Å²) in [6, 6.07) is -0.260. The van der Waals surface area contributed by atoms with Gasteiger partial charge in [-0.1, -0.05) is 13.8 Å². The molecule has 8 heteroatoms. The summed E-state index contributed by atoms with van der Waals surface area (Å²) in [4.78, 5) is 15.5. The number of aromatic nitrogens is 2. The highest BCUT2D eigenvalue weighted by Crippen LogP contribution is 2.40. The van der Waals surface area contributed by atoms with E-state index in [0.29, 0.717) is 12.3 Å². The predicted octanol–water partition coefficient (Wildman–Crippen LogP) is 2.50. The van der Waals surface area contributed by atoms with Gasteiger partial charge < -0.3 is 15.0 Å². The van der Waals surface area contributed by atoms with E-state index < -0.39 is 29.9 Å². The summed E-state index contributed by atoms with van der Waals surface area (Å²) in [5.74, 6) is -1.02. The Morgan fingerprint density at radius 1 is 1.35 bits per heavy atom. The van der Waals surface area contributed by atoms with E-state index >= 15 is 0 Å². The molecular weight excluding hydrogens is 311 g/mol. The Morgan fingerprint density at radius 2 is 1.96 bits per heavy atom. The van der Waals surface area contributed by atoms with Crippen LogP contribution in [-0.4, -0.2) is 32.8 Å². The number of carbonyl (C=O) groups excluding carboxylic acids is 1. The lowest BCUT2D eigenvalue weighted by molar-refractivity contribution is -0.271. The zero-order valence-electron chi connectivity index (χ0n) is 13.8. The normalized spacial score (nSPS) is 16.2. The minimum absolute atomic E-state index is 0.260. The van der Waals surface area contributed by atoms with E-state index in [1.54, 1.807) is 6.92 Å². The van der Waals surface area contributed by atoms with E-state index in [-0.39, 0.29) is 6.04 Å². The van der Waals surface area contributed by atoms with Gasteiger partial charge in [-0.3, -0.25) is 4.79 Å². The van der Waals surface area contributed by atoms with E-state index in [1.165, 1.54) is 13.2 Å². The topological polar surface area (TPSA) is 67.2 Å². The zero-order valence-corrected chi connectivity index (χ0v) is 13.8. The number of rotatable bonds is 7. The highest BCUT2D eigenvalue weighted by molar-refractivity contribution is 5.77. The van der Waals surface area contributed by atoms with Crippen molar-refractivity contribution in [3.63, 3.8) is 0 Å². The van der Waals surface area contributed by atoms with Crippen molar-refractivity contribution in [2.75, 3.05) is 0 Å². The summed E-state index contributed by atoms with van der Waals surface area (Å²) in [6.45, 7) is 5.78. The van der Waals surface area contributed by atoms with Crippen LogP contribution >= 0.6 is 0 Å². The molecule has 0 radical (unpaired) electrons. The minimum Gasteiger partial charge on any atom is -0.374 e. The molecule has 23 heavy (non-hydrogen) atoms. The van der Waals surface area contributed by atoms with Crippen molar-refractivity contribution < 1.29 is 23.1 Å². The number of hydrogen-bond donors (Lipinski definition) is 2. The maximum Gasteiger partial charge on any atom is 0.425 e. The molecule has 1 rings (SSSR count). The second-order valence-corrected chi connectivity index (χ2v) is 6.34. The van der Waals surface area contributed by atoms with E-state index in [9.17, 15) is 23.1 Å². The number of alkyl halides is 3. The Labute approximate surface area is 133 Å². The molecule has 0 aliphatic heterocycles. The summed E-state index contributed by atoms with van der Waals surface area (Å²) in [5.41, 5.74) is -3.31. The third kappa shape index (κ3) is 4.95. The average Bonchev–Trinajstić information content (AvgIpc) is 2.81. The molecule has 1 amide bonds. The number of halogens is 3. The Kier molecular flexibility index (Phi) is 6.21. The quantitative estimate of drug-likeness (QED) is 0.804. The third-order valence-electron chi connectivity index (χ3n) is 3.66. The van der Waals surface area contributed by atoms with Gasteiger partial charge in [0.05, 0.1) is 6.42 Å². The van der Waals surface area contributed by atoms with Gasteiger partial charge in [-0.25, -0.2) is 4.98 Å². The monoisotopic (exact) mass is 335 g/mol. The summed E-state index contributed by atoms with van der Waals surface area (Å²) in [5, 5.41) is 12.6. The fourth-order valence-corrected chi connectivity index (χ4v) is 2.28. The van der Waals surface area contributed by atoms with Crippen molar-refractivity contribution in [2.45, 2.75) is 57.9 Å². The number of aliphatic hydroxyl groups is 1. The molecule has 0 aliphatic rings. The lowest BCUT2D eigenvalue weighted by Crippen LogP contribution is -2.48. The molecule has 0 aliphatic carbocycles. The highest BCUT2D eigenvalue weighted by Gasteiger charge is 2.58. The van der Waals surface area contributed by atoms with Gasteiger partial charge in [-0.15, -0.1) is 0 Å². The maximum atomic E-state index is 13.3. The molecule has 0 saturated carbocycles. The van der Waals surface area contributed by atoms with E-state index in [2.05, 4.69) is 10.3 Å². The second-order valence-electron chi connectivity index (χ2n) is 6.34. The van der Waals surface area contributed by atoms with Gasteiger partial charge in [-0.05, 0) is 25.7 Å². The van der Waals surface area contributed by atoms with Crippen LogP contribution in [0.15, 0.2) is 12.4 Å². The maximum absolute atomic E-state index is 13.3. The number of nitrogens with zero attached hydrogens (tertiary/aromatic N) is 2. The summed E-state index contributed by atoms with van der Waals surface area (Å²) in [6.07, 6.45) is -2.18. The van der Waals surface area contributed by atoms with Gasteiger partial charge in [0.15, 0.2) is 5.82 Å². The molecule has 5 nitrogen and oxygen atoms in total. The molecule has 2 unspecified atom stereocenters. The van der Waals surface area contributed by atoms with E-state index in [4.69, 9.17) is 0 Å². The largest absolute Gasteiger partial charge is 0.425 e. The smallest absolute Gasteiger partial charge is 0.374 e. The van der Waals surface area contributed by atoms with Crippen LogP contribution < -0.4 is 5.32 Å². The molecule has 0 saturated heterocycles. The predicted molar refractivity (Wildman–Crippen MR) is 79.5 cm³/mol. The molecular formula is C15H24F3N3O2. The van der Waals surface area contributed by atoms with Crippen LogP contribution in [0.25, 0.3) is 0 Å². The number of aryl methyl sites for hydroxylation is 1. The van der Waals surface area contributed by atoms with Crippen LogP contribution in [0, 0.1) is 5.92 Å². The first-order valence-electron chi connectivity index (χ1n) is 7.53. The molecule has 0 bridgehead atoms. The van der Waals surface area contributed by atoms with Crippen molar-refractivity contribution in [3.05, 3.63) is 18.2 Å². The second kappa shape index (κ2) is 7.33. The van der Waals surface area contributed by atoms with Crippen LogP contribution in [0.1, 0.15) is 45.9 Å². The number of nitrogens with one attached hydrogen (secondary N) is 1. The average molecular weight is 335 g/mol. The minimum atomic E-state index is -5.01. The van der Waals surface area contributed by atoms with Crippen LogP contribution in [0.3, 0.4) is 0 Å². The molecule has 1 aromatic rings. The van der Waals surface area contributed by atoms with E-state index in [1.807, 2.05) is 13.8 Å². The van der Waals surface area contributed by atoms with E-state index in [0.717, 1.165) is 17.2 Å². The number of carbonyl (C=O) groups is 1. The molecule has 132 valence electrons. The Bertz CT molecular complexity index is 528. The Hall–Kier alpha value is -1.57. The van der Waals surface area contributed by atoms with Crippen LogP contribution in [0.4, 0.5) is 13.2 Å². The zero-order chi connectivity index (χ0) is 17.8. The summed E-state index contributed by atoms with van der Waals surface area (Å²) in [7, 11) is 1.34.